The van der Waals surface area contributed by atoms with E-state index >= 15 is 0 Å². The van der Waals surface area contributed by atoms with Crippen LogP contribution in [0.4, 0.5) is 0 Å². The zero-order valence-electron chi connectivity index (χ0n) is 14.8. The van der Waals surface area contributed by atoms with Gasteiger partial charge in [-0.2, -0.15) is 0 Å². The number of rotatable bonds is 9. The first-order valence-corrected chi connectivity index (χ1v) is 9.12. The molecule has 0 aliphatic heterocycles. The Labute approximate surface area is 147 Å². The van der Waals surface area contributed by atoms with Gasteiger partial charge in [0.2, 0.25) is 5.16 Å². The Morgan fingerprint density at radius 1 is 1.42 bits per heavy atom. The number of nitrogens with zero attached hydrogens (tertiary/aromatic N) is 5. The van der Waals surface area contributed by atoms with Crippen LogP contribution in [0.2, 0.25) is 0 Å². The zero-order valence-corrected chi connectivity index (χ0v) is 15.6. The van der Waals surface area contributed by atoms with Gasteiger partial charge in [-0.1, -0.05) is 31.7 Å². The molecule has 2 rings (SSSR count). The van der Waals surface area contributed by atoms with Crippen LogP contribution >= 0.6 is 11.8 Å². The maximum Gasteiger partial charge on any atom is 0.210 e. The largest absolute Gasteiger partial charge is 0.348 e. The molecule has 0 aromatic carbocycles. The molecule has 0 aliphatic carbocycles. The Bertz CT molecular complexity index is 717. The van der Waals surface area contributed by atoms with Crippen molar-refractivity contribution in [1.29, 1.82) is 0 Å². The lowest BCUT2D eigenvalue weighted by Gasteiger charge is -2.11. The van der Waals surface area contributed by atoms with Crippen molar-refractivity contribution < 1.29 is 4.79 Å². The fraction of sp³-hybridized carbons (Fsp3) is 0.529. The van der Waals surface area contributed by atoms with Gasteiger partial charge in [0.25, 0.3) is 0 Å². The van der Waals surface area contributed by atoms with Gasteiger partial charge in [-0.25, -0.2) is 4.68 Å². The molecule has 2 aromatic heterocycles. The van der Waals surface area contributed by atoms with Crippen molar-refractivity contribution in [2.24, 2.45) is 5.92 Å². The highest BCUT2D eigenvalue weighted by Crippen LogP contribution is 2.21. The molecule has 0 unspecified atom stereocenters. The Balaban J connectivity index is 2.06. The van der Waals surface area contributed by atoms with Crippen molar-refractivity contribution in [3.63, 3.8) is 0 Å². The summed E-state index contributed by atoms with van der Waals surface area (Å²) >= 11 is 1.36. The fourth-order valence-corrected chi connectivity index (χ4v) is 3.33. The highest BCUT2D eigenvalue weighted by molar-refractivity contribution is 7.99. The monoisotopic (exact) mass is 347 g/mol. The minimum atomic E-state index is 0.108. The van der Waals surface area contributed by atoms with Gasteiger partial charge in [-0.05, 0) is 42.7 Å². The number of ketones is 1. The van der Waals surface area contributed by atoms with E-state index in [-0.39, 0.29) is 5.78 Å². The molecule has 0 N–H and O–H groups in total. The van der Waals surface area contributed by atoms with Crippen LogP contribution in [-0.2, 0) is 13.1 Å². The van der Waals surface area contributed by atoms with Crippen molar-refractivity contribution in [1.82, 2.24) is 24.8 Å². The van der Waals surface area contributed by atoms with E-state index in [9.17, 15) is 4.79 Å². The average molecular weight is 347 g/mol. The molecule has 0 saturated heterocycles. The van der Waals surface area contributed by atoms with Gasteiger partial charge in [-0.15, -0.1) is 11.7 Å². The van der Waals surface area contributed by atoms with Gasteiger partial charge in [0.15, 0.2) is 5.78 Å². The standard InChI is InChI=1S/C17H25N5OS/c1-6-8-22-17(18-19-20-22)24-11-16(23)15-10-13(4)21(14(15)5)9-7-12(2)3/h6,10,12H,1,7-9,11H2,2-5H3. The highest BCUT2D eigenvalue weighted by atomic mass is 32.2. The van der Waals surface area contributed by atoms with E-state index < -0.39 is 0 Å². The lowest BCUT2D eigenvalue weighted by molar-refractivity contribution is 0.102. The summed E-state index contributed by atoms with van der Waals surface area (Å²) in [4.78, 5) is 12.6. The van der Waals surface area contributed by atoms with Crippen molar-refractivity contribution in [3.05, 3.63) is 35.7 Å². The summed E-state index contributed by atoms with van der Waals surface area (Å²) in [6, 6.07) is 1.99. The topological polar surface area (TPSA) is 65.6 Å². The summed E-state index contributed by atoms with van der Waals surface area (Å²) in [7, 11) is 0. The molecule has 0 bridgehead atoms. The number of carbonyl (C=O) groups excluding carboxylic acids is 1. The molecule has 0 atom stereocenters. The summed E-state index contributed by atoms with van der Waals surface area (Å²) < 4.78 is 3.87. The van der Waals surface area contributed by atoms with Gasteiger partial charge in [0.1, 0.15) is 0 Å². The second-order valence-electron chi connectivity index (χ2n) is 6.26. The number of aromatic nitrogens is 5. The van der Waals surface area contributed by atoms with Crippen LogP contribution in [0.25, 0.3) is 0 Å². The Hall–Kier alpha value is -1.89. The van der Waals surface area contributed by atoms with E-state index in [1.54, 1.807) is 10.8 Å². The van der Waals surface area contributed by atoms with E-state index in [1.165, 1.54) is 11.8 Å². The predicted molar refractivity (Wildman–Crippen MR) is 96.4 cm³/mol. The summed E-state index contributed by atoms with van der Waals surface area (Å²) in [5, 5.41) is 12.1. The van der Waals surface area contributed by atoms with Gasteiger partial charge in [-0.3, -0.25) is 4.79 Å². The van der Waals surface area contributed by atoms with Gasteiger partial charge in [0, 0.05) is 23.5 Å². The lowest BCUT2D eigenvalue weighted by Crippen LogP contribution is -2.09. The molecule has 0 saturated carbocycles. The Morgan fingerprint density at radius 2 is 2.17 bits per heavy atom. The molecule has 0 aliphatic rings. The molecule has 0 fully saturated rings. The maximum atomic E-state index is 12.6. The third kappa shape index (κ3) is 4.35. The van der Waals surface area contributed by atoms with Crippen LogP contribution < -0.4 is 0 Å². The number of Topliss-reactive ketones (excluding diaryl/α,β-unsaturated/α-hetero) is 1. The normalized spacial score (nSPS) is 11.2. The van der Waals surface area contributed by atoms with Crippen molar-refractivity contribution >= 4 is 17.5 Å². The van der Waals surface area contributed by atoms with E-state index in [2.05, 4.69) is 47.4 Å². The van der Waals surface area contributed by atoms with E-state index in [4.69, 9.17) is 0 Å². The van der Waals surface area contributed by atoms with Crippen LogP contribution in [0.1, 0.15) is 42.0 Å². The molecule has 2 heterocycles. The molecule has 0 spiro atoms. The number of thioether (sulfide) groups is 1. The minimum Gasteiger partial charge on any atom is -0.348 e. The highest BCUT2D eigenvalue weighted by Gasteiger charge is 2.17. The number of aryl methyl sites for hydroxylation is 1. The first-order chi connectivity index (χ1) is 11.4. The Kier molecular flexibility index (Phi) is 6.36. The van der Waals surface area contributed by atoms with Gasteiger partial charge in [0.05, 0.1) is 12.3 Å². The van der Waals surface area contributed by atoms with Crippen molar-refractivity contribution in [3.8, 4) is 0 Å². The molecular formula is C17H25N5OS. The number of tetrazole rings is 1. The van der Waals surface area contributed by atoms with Crippen LogP contribution in [0.15, 0.2) is 23.9 Å². The zero-order chi connectivity index (χ0) is 17.7. The van der Waals surface area contributed by atoms with Crippen LogP contribution in [0.5, 0.6) is 0 Å². The SMILES string of the molecule is C=CCn1nnnc1SCC(=O)c1cc(C)n(CCC(C)C)c1C. The average Bonchev–Trinajstić information content (AvgIpc) is 3.08. The maximum absolute atomic E-state index is 12.6. The molecule has 130 valence electrons. The van der Waals surface area contributed by atoms with Crippen molar-refractivity contribution in [2.75, 3.05) is 5.75 Å². The Morgan fingerprint density at radius 3 is 2.83 bits per heavy atom. The smallest absolute Gasteiger partial charge is 0.210 e. The molecule has 7 heteroatoms. The predicted octanol–water partition coefficient (Wildman–Crippen LogP) is 3.30. The second kappa shape index (κ2) is 8.28. The van der Waals surface area contributed by atoms with Gasteiger partial charge < -0.3 is 4.57 Å². The van der Waals surface area contributed by atoms with E-state index in [1.807, 2.05) is 13.0 Å². The summed E-state index contributed by atoms with van der Waals surface area (Å²) in [5.41, 5.74) is 2.98. The number of hydrogen-bond donors (Lipinski definition) is 0. The quantitative estimate of drug-likeness (QED) is 0.395. The van der Waals surface area contributed by atoms with E-state index in [0.717, 1.165) is 29.9 Å². The molecule has 0 amide bonds. The summed E-state index contributed by atoms with van der Waals surface area (Å²) in [6.07, 6.45) is 2.83. The summed E-state index contributed by atoms with van der Waals surface area (Å²) in [5.74, 6) is 1.08. The number of hydrogen-bond acceptors (Lipinski definition) is 5. The molecule has 24 heavy (non-hydrogen) atoms. The van der Waals surface area contributed by atoms with Crippen LogP contribution in [0.3, 0.4) is 0 Å². The van der Waals surface area contributed by atoms with Crippen molar-refractivity contribution in [2.45, 2.75) is 52.4 Å². The van der Waals surface area contributed by atoms with Crippen LogP contribution in [0, 0.1) is 19.8 Å². The second-order valence-corrected chi connectivity index (χ2v) is 7.21. The van der Waals surface area contributed by atoms with Gasteiger partial charge >= 0.3 is 0 Å². The molecule has 2 aromatic rings. The third-order valence-corrected chi connectivity index (χ3v) is 4.89. The third-order valence-electron chi connectivity index (χ3n) is 3.94. The van der Waals surface area contributed by atoms with E-state index in [0.29, 0.717) is 23.4 Å². The molecular weight excluding hydrogens is 322 g/mol. The number of allylic oxidation sites excluding steroid dienone is 1. The summed E-state index contributed by atoms with van der Waals surface area (Å²) in [6.45, 7) is 13.7. The molecule has 6 nitrogen and oxygen atoms in total. The lowest BCUT2D eigenvalue weighted by atomic mass is 10.1. The van der Waals surface area contributed by atoms with Crippen LogP contribution in [-0.4, -0.2) is 36.3 Å². The molecule has 0 radical (unpaired) electrons. The minimum absolute atomic E-state index is 0.108. The number of carbonyl (C=O) groups is 1. The first kappa shape index (κ1) is 18.4. The fourth-order valence-electron chi connectivity index (χ4n) is 2.56. The first-order valence-electron chi connectivity index (χ1n) is 8.13.